The number of aryl methyl sites for hydroxylation is 2. The van der Waals surface area contributed by atoms with Crippen LogP contribution in [0.1, 0.15) is 5.56 Å². The minimum atomic E-state index is 1.07. The summed E-state index contributed by atoms with van der Waals surface area (Å²) in [7, 11) is 0. The van der Waals surface area contributed by atoms with Crippen molar-refractivity contribution in [3.63, 3.8) is 0 Å². The SMILES string of the molecule is c1cc[n+]2c(c1)-c1[nH]c3ccccc3c1CC2. The Morgan fingerprint density at radius 2 is 1.88 bits per heavy atom. The predicted octanol–water partition coefficient (Wildman–Crippen LogP) is 2.68. The first-order valence-electron chi connectivity index (χ1n) is 6.02. The summed E-state index contributed by atoms with van der Waals surface area (Å²) >= 11 is 0. The standard InChI is InChI=1S/C15H12N2/c1-2-6-13-11(5-1)12-8-10-17-9-4-3-7-14(17)15(12)16-13/h1-7,9H,8,10H2/p+1. The van der Waals surface area contributed by atoms with Crippen molar-refractivity contribution in [1.82, 2.24) is 4.98 Å². The van der Waals surface area contributed by atoms with Crippen LogP contribution in [0.3, 0.4) is 0 Å². The highest BCUT2D eigenvalue weighted by molar-refractivity contribution is 5.89. The first-order chi connectivity index (χ1) is 8.43. The van der Waals surface area contributed by atoms with Crippen molar-refractivity contribution in [2.45, 2.75) is 13.0 Å². The summed E-state index contributed by atoms with van der Waals surface area (Å²) in [6.45, 7) is 1.07. The first-order valence-corrected chi connectivity index (χ1v) is 6.02. The van der Waals surface area contributed by atoms with Crippen LogP contribution in [-0.2, 0) is 13.0 Å². The van der Waals surface area contributed by atoms with E-state index in [0.29, 0.717) is 0 Å². The van der Waals surface area contributed by atoms with Crippen LogP contribution in [0.25, 0.3) is 22.3 Å². The minimum Gasteiger partial charge on any atom is -0.349 e. The molecule has 2 heteroatoms. The highest BCUT2D eigenvalue weighted by Gasteiger charge is 2.25. The van der Waals surface area contributed by atoms with E-state index in [2.05, 4.69) is 58.2 Å². The number of nitrogens with one attached hydrogen (secondary N) is 1. The van der Waals surface area contributed by atoms with Crippen molar-refractivity contribution in [2.75, 3.05) is 0 Å². The molecule has 0 saturated carbocycles. The molecule has 17 heavy (non-hydrogen) atoms. The molecule has 0 fully saturated rings. The predicted molar refractivity (Wildman–Crippen MR) is 67.6 cm³/mol. The van der Waals surface area contributed by atoms with E-state index in [1.54, 1.807) is 0 Å². The van der Waals surface area contributed by atoms with Gasteiger partial charge in [-0.25, -0.2) is 0 Å². The minimum absolute atomic E-state index is 1.07. The molecule has 2 aromatic heterocycles. The number of nitrogens with zero attached hydrogens (tertiary/aromatic N) is 1. The van der Waals surface area contributed by atoms with Crippen LogP contribution in [0, 0.1) is 0 Å². The number of aromatic nitrogens is 2. The van der Waals surface area contributed by atoms with E-state index in [0.717, 1.165) is 13.0 Å². The second kappa shape index (κ2) is 3.20. The molecular weight excluding hydrogens is 208 g/mol. The Morgan fingerprint density at radius 3 is 2.88 bits per heavy atom. The summed E-state index contributed by atoms with van der Waals surface area (Å²) in [5, 5.41) is 1.37. The van der Waals surface area contributed by atoms with E-state index in [9.17, 15) is 0 Å². The van der Waals surface area contributed by atoms with Gasteiger partial charge in [0.05, 0.1) is 0 Å². The Labute approximate surface area is 99.5 Å². The molecule has 0 radical (unpaired) electrons. The number of fused-ring (bicyclic) bond motifs is 5. The molecule has 3 heterocycles. The average molecular weight is 221 g/mol. The fourth-order valence-electron chi connectivity index (χ4n) is 2.81. The molecular formula is C15H13N2+. The monoisotopic (exact) mass is 221 g/mol. The van der Waals surface area contributed by atoms with Crippen molar-refractivity contribution in [2.24, 2.45) is 0 Å². The summed E-state index contributed by atoms with van der Waals surface area (Å²) in [4.78, 5) is 3.55. The Kier molecular flexibility index (Phi) is 1.69. The van der Waals surface area contributed by atoms with Crippen molar-refractivity contribution >= 4 is 10.9 Å². The van der Waals surface area contributed by atoms with Gasteiger partial charge in [0, 0.05) is 29.5 Å². The van der Waals surface area contributed by atoms with Gasteiger partial charge in [0.15, 0.2) is 12.7 Å². The molecule has 0 saturated heterocycles. The van der Waals surface area contributed by atoms with Crippen LogP contribution < -0.4 is 4.57 Å². The number of H-pyrrole nitrogens is 1. The van der Waals surface area contributed by atoms with E-state index in [4.69, 9.17) is 0 Å². The zero-order valence-corrected chi connectivity index (χ0v) is 9.48. The van der Waals surface area contributed by atoms with Gasteiger partial charge in [-0.1, -0.05) is 18.2 Å². The van der Waals surface area contributed by atoms with Gasteiger partial charge in [-0.15, -0.1) is 0 Å². The van der Waals surface area contributed by atoms with Gasteiger partial charge in [-0.2, -0.15) is 4.57 Å². The third-order valence-electron chi connectivity index (χ3n) is 3.61. The second-order valence-corrected chi connectivity index (χ2v) is 4.55. The average Bonchev–Trinajstić information content (AvgIpc) is 2.78. The van der Waals surface area contributed by atoms with Crippen LogP contribution in [0.2, 0.25) is 0 Å². The van der Waals surface area contributed by atoms with Crippen LogP contribution in [0.15, 0.2) is 48.7 Å². The van der Waals surface area contributed by atoms with Crippen LogP contribution in [-0.4, -0.2) is 4.98 Å². The number of benzene rings is 1. The van der Waals surface area contributed by atoms with Gasteiger partial charge in [-0.3, -0.25) is 0 Å². The zero-order chi connectivity index (χ0) is 11.2. The van der Waals surface area contributed by atoms with Crippen LogP contribution in [0.5, 0.6) is 0 Å². The van der Waals surface area contributed by atoms with E-state index < -0.39 is 0 Å². The fourth-order valence-corrected chi connectivity index (χ4v) is 2.81. The molecule has 1 aromatic carbocycles. The Bertz CT molecular complexity index is 710. The smallest absolute Gasteiger partial charge is 0.229 e. The number of hydrogen-bond acceptors (Lipinski definition) is 0. The van der Waals surface area contributed by atoms with Gasteiger partial charge >= 0.3 is 0 Å². The number of hydrogen-bond donors (Lipinski definition) is 1. The Hall–Kier alpha value is -2.09. The van der Waals surface area contributed by atoms with E-state index in [1.807, 2.05) is 0 Å². The summed E-state index contributed by atoms with van der Waals surface area (Å²) < 4.78 is 2.32. The molecule has 0 amide bonds. The molecule has 4 rings (SSSR count). The zero-order valence-electron chi connectivity index (χ0n) is 9.48. The van der Waals surface area contributed by atoms with Gasteiger partial charge in [0.2, 0.25) is 5.69 Å². The van der Waals surface area contributed by atoms with E-state index in [1.165, 1.54) is 27.9 Å². The summed E-state index contributed by atoms with van der Waals surface area (Å²) in [5.41, 5.74) is 5.30. The van der Waals surface area contributed by atoms with Crippen molar-refractivity contribution in [3.8, 4) is 11.4 Å². The quantitative estimate of drug-likeness (QED) is 0.563. The molecule has 82 valence electrons. The van der Waals surface area contributed by atoms with Gasteiger partial charge in [-0.05, 0) is 17.7 Å². The Balaban J connectivity index is 2.10. The van der Waals surface area contributed by atoms with Crippen molar-refractivity contribution in [3.05, 3.63) is 54.2 Å². The van der Waals surface area contributed by atoms with E-state index >= 15 is 0 Å². The molecule has 1 aliphatic rings. The maximum absolute atomic E-state index is 3.55. The number of rotatable bonds is 0. The van der Waals surface area contributed by atoms with Crippen LogP contribution in [0.4, 0.5) is 0 Å². The largest absolute Gasteiger partial charge is 0.349 e. The van der Waals surface area contributed by atoms with Crippen LogP contribution >= 0.6 is 0 Å². The molecule has 3 aromatic rings. The third-order valence-corrected chi connectivity index (χ3v) is 3.61. The Morgan fingerprint density at radius 1 is 1.00 bits per heavy atom. The molecule has 0 spiro atoms. The summed E-state index contributed by atoms with van der Waals surface area (Å²) in [6, 6.07) is 15.0. The molecule has 1 N–H and O–H groups in total. The van der Waals surface area contributed by atoms with Gasteiger partial charge in [0.1, 0.15) is 5.69 Å². The third kappa shape index (κ3) is 1.18. The van der Waals surface area contributed by atoms with Gasteiger partial charge < -0.3 is 4.98 Å². The molecule has 0 aliphatic carbocycles. The lowest BCUT2D eigenvalue weighted by atomic mass is 10.0. The fraction of sp³-hybridized carbons (Fsp3) is 0.133. The lowest BCUT2D eigenvalue weighted by Crippen LogP contribution is -2.39. The molecule has 2 nitrogen and oxygen atoms in total. The van der Waals surface area contributed by atoms with Gasteiger partial charge in [0.25, 0.3) is 0 Å². The topological polar surface area (TPSA) is 19.7 Å². The molecule has 0 unspecified atom stereocenters. The van der Waals surface area contributed by atoms with E-state index in [-0.39, 0.29) is 0 Å². The van der Waals surface area contributed by atoms with Crippen molar-refractivity contribution in [1.29, 1.82) is 0 Å². The summed E-state index contributed by atoms with van der Waals surface area (Å²) in [6.07, 6.45) is 3.27. The molecule has 1 aliphatic heterocycles. The first kappa shape index (κ1) is 8.99. The highest BCUT2D eigenvalue weighted by atomic mass is 15.0. The second-order valence-electron chi connectivity index (χ2n) is 4.55. The molecule has 0 bridgehead atoms. The number of pyridine rings is 1. The maximum atomic E-state index is 3.55. The lowest BCUT2D eigenvalue weighted by Gasteiger charge is -2.10. The summed E-state index contributed by atoms with van der Waals surface area (Å²) in [5.74, 6) is 0. The number of aromatic amines is 1. The lowest BCUT2D eigenvalue weighted by molar-refractivity contribution is -0.687. The van der Waals surface area contributed by atoms with Crippen molar-refractivity contribution < 1.29 is 4.57 Å². The highest BCUT2D eigenvalue weighted by Crippen LogP contribution is 2.31. The normalized spacial score (nSPS) is 13.4. The number of para-hydroxylation sites is 1. The maximum Gasteiger partial charge on any atom is 0.229 e. The molecule has 0 atom stereocenters.